The monoisotopic (exact) mass is 398 g/mol. The van der Waals surface area contributed by atoms with Crippen LogP contribution in [0.5, 0.6) is 0 Å². The van der Waals surface area contributed by atoms with Crippen LogP contribution in [0.2, 0.25) is 12.1 Å². The van der Waals surface area contributed by atoms with Crippen LogP contribution in [0, 0.1) is 0 Å². The first-order valence-electron chi connectivity index (χ1n) is 11.6. The van der Waals surface area contributed by atoms with Crippen molar-refractivity contribution in [3.8, 4) is 0 Å². The molecule has 2 aliphatic rings. The molecule has 0 N–H and O–H groups in total. The fourth-order valence-corrected chi connectivity index (χ4v) is 7.07. The molecule has 2 aromatic rings. The summed E-state index contributed by atoms with van der Waals surface area (Å²) in [5, 5.41) is 0. The molecule has 2 radical (unpaired) electrons. The second kappa shape index (κ2) is 8.88. The minimum absolute atomic E-state index is 0.650. The van der Waals surface area contributed by atoms with Gasteiger partial charge in [0.05, 0.1) is 0 Å². The number of benzene rings is 2. The number of allylic oxidation sites excluding steroid dienone is 2. The standard InChI is InChI=1S/C28H34Si/c1-5-19-11-9-13-23-25(19)15-21(7-3)27(23)17-29-18-28-22(8-4)16-26-20(6-2)12-10-14-24(26)28/h9-16,27-28H,5-8,17-18H2,1-4H3. The van der Waals surface area contributed by atoms with Crippen molar-refractivity contribution in [1.82, 2.24) is 0 Å². The van der Waals surface area contributed by atoms with Crippen LogP contribution in [0.1, 0.15) is 85.8 Å². The fourth-order valence-electron chi connectivity index (χ4n) is 5.36. The SMILES string of the molecule is CCC1=Cc2c(CC)cccc2C1C[Si]CC1C(CC)=Cc2c(CC)cccc21. The summed E-state index contributed by atoms with van der Waals surface area (Å²) in [5.41, 5.74) is 12.6. The van der Waals surface area contributed by atoms with Crippen molar-refractivity contribution in [2.75, 3.05) is 0 Å². The lowest BCUT2D eigenvalue weighted by Gasteiger charge is -2.20. The van der Waals surface area contributed by atoms with E-state index in [1.54, 1.807) is 22.3 Å². The molecule has 2 unspecified atom stereocenters. The van der Waals surface area contributed by atoms with Crippen LogP contribution in [0.4, 0.5) is 0 Å². The third-order valence-corrected chi connectivity index (χ3v) is 8.43. The highest BCUT2D eigenvalue weighted by atomic mass is 28.2. The number of aryl methyl sites for hydroxylation is 2. The Hall–Kier alpha value is -1.86. The van der Waals surface area contributed by atoms with Gasteiger partial charge in [-0.3, -0.25) is 0 Å². The van der Waals surface area contributed by atoms with E-state index in [0.29, 0.717) is 11.8 Å². The molecule has 0 saturated heterocycles. The van der Waals surface area contributed by atoms with Crippen LogP contribution in [-0.2, 0) is 12.8 Å². The summed E-state index contributed by atoms with van der Waals surface area (Å²) in [6, 6.07) is 16.6. The summed E-state index contributed by atoms with van der Waals surface area (Å²) in [6.45, 7) is 9.23. The number of fused-ring (bicyclic) bond motifs is 2. The first-order chi connectivity index (χ1) is 14.2. The average molecular weight is 399 g/mol. The third-order valence-electron chi connectivity index (χ3n) is 7.04. The van der Waals surface area contributed by atoms with Crippen molar-refractivity contribution in [3.63, 3.8) is 0 Å². The van der Waals surface area contributed by atoms with E-state index in [4.69, 9.17) is 0 Å². The molecular formula is C28H34Si. The maximum atomic E-state index is 2.51. The second-order valence-corrected chi connectivity index (χ2v) is 9.77. The Morgan fingerprint density at radius 1 is 0.621 bits per heavy atom. The Bertz CT molecular complexity index is 869. The normalized spacial score (nSPS) is 19.7. The summed E-state index contributed by atoms with van der Waals surface area (Å²) >= 11 is 0. The van der Waals surface area contributed by atoms with Gasteiger partial charge in [-0.15, -0.1) is 0 Å². The highest BCUT2D eigenvalue weighted by molar-refractivity contribution is 6.36. The first kappa shape index (κ1) is 20.4. The molecule has 0 nitrogen and oxygen atoms in total. The lowest BCUT2D eigenvalue weighted by Crippen LogP contribution is -2.08. The Labute approximate surface area is 180 Å². The minimum atomic E-state index is 0.650. The zero-order valence-electron chi connectivity index (χ0n) is 18.5. The zero-order chi connectivity index (χ0) is 20.4. The van der Waals surface area contributed by atoms with Gasteiger partial charge in [0.25, 0.3) is 0 Å². The van der Waals surface area contributed by atoms with Gasteiger partial charge < -0.3 is 0 Å². The second-order valence-electron chi connectivity index (χ2n) is 8.46. The lowest BCUT2D eigenvalue weighted by atomic mass is 9.94. The van der Waals surface area contributed by atoms with Crippen molar-refractivity contribution in [2.45, 2.75) is 77.3 Å². The highest BCUT2D eigenvalue weighted by Crippen LogP contribution is 2.45. The van der Waals surface area contributed by atoms with Crippen molar-refractivity contribution in [2.24, 2.45) is 0 Å². The molecule has 150 valence electrons. The Balaban J connectivity index is 1.51. The molecule has 0 aliphatic heterocycles. The lowest BCUT2D eigenvalue weighted by molar-refractivity contribution is 0.828. The molecule has 29 heavy (non-hydrogen) atoms. The van der Waals surface area contributed by atoms with Crippen molar-refractivity contribution in [3.05, 3.63) is 80.9 Å². The zero-order valence-corrected chi connectivity index (χ0v) is 19.5. The molecule has 0 saturated carbocycles. The summed E-state index contributed by atoms with van der Waals surface area (Å²) < 4.78 is 0. The van der Waals surface area contributed by atoms with Crippen LogP contribution < -0.4 is 0 Å². The molecule has 0 spiro atoms. The molecule has 0 bridgehead atoms. The van der Waals surface area contributed by atoms with Gasteiger partial charge in [-0.2, -0.15) is 0 Å². The smallest absolute Gasteiger partial charge is 0.0397 e. The van der Waals surface area contributed by atoms with Crippen LogP contribution in [-0.4, -0.2) is 9.52 Å². The predicted octanol–water partition coefficient (Wildman–Crippen LogP) is 7.83. The maximum absolute atomic E-state index is 2.51. The highest BCUT2D eigenvalue weighted by Gasteiger charge is 2.28. The molecule has 0 fully saturated rings. The number of hydrogen-bond donors (Lipinski definition) is 0. The number of hydrogen-bond acceptors (Lipinski definition) is 0. The first-order valence-corrected chi connectivity index (χ1v) is 13.0. The molecular weight excluding hydrogens is 364 g/mol. The summed E-state index contributed by atoms with van der Waals surface area (Å²) in [7, 11) is 1.02. The summed E-state index contributed by atoms with van der Waals surface area (Å²) in [4.78, 5) is 0. The third kappa shape index (κ3) is 3.70. The molecule has 1 heteroatoms. The molecule has 2 atom stereocenters. The Morgan fingerprint density at radius 3 is 1.45 bits per heavy atom. The van der Waals surface area contributed by atoms with Gasteiger partial charge in [-0.05, 0) is 59.1 Å². The van der Waals surface area contributed by atoms with E-state index < -0.39 is 0 Å². The molecule has 0 amide bonds. The van der Waals surface area contributed by atoms with E-state index >= 15 is 0 Å². The Kier molecular flexibility index (Phi) is 6.25. The van der Waals surface area contributed by atoms with Crippen LogP contribution in [0.3, 0.4) is 0 Å². The molecule has 0 aromatic heterocycles. The van der Waals surface area contributed by atoms with Gasteiger partial charge in [0.1, 0.15) is 0 Å². The van der Waals surface area contributed by atoms with E-state index in [1.165, 1.54) is 47.2 Å². The fraction of sp³-hybridized carbons (Fsp3) is 0.429. The quantitative estimate of drug-likeness (QED) is 0.397. The van der Waals surface area contributed by atoms with E-state index in [1.807, 2.05) is 0 Å². The topological polar surface area (TPSA) is 0 Å². The van der Waals surface area contributed by atoms with E-state index in [9.17, 15) is 0 Å². The predicted molar refractivity (Wildman–Crippen MR) is 129 cm³/mol. The maximum Gasteiger partial charge on any atom is 0.0397 e. The molecule has 2 aliphatic carbocycles. The van der Waals surface area contributed by atoms with E-state index in [-0.39, 0.29) is 0 Å². The van der Waals surface area contributed by atoms with Gasteiger partial charge in [0.2, 0.25) is 0 Å². The van der Waals surface area contributed by atoms with Crippen LogP contribution in [0.15, 0.2) is 47.5 Å². The van der Waals surface area contributed by atoms with Gasteiger partial charge in [0, 0.05) is 21.4 Å². The van der Waals surface area contributed by atoms with Crippen LogP contribution >= 0.6 is 0 Å². The molecule has 0 heterocycles. The number of rotatable bonds is 8. The van der Waals surface area contributed by atoms with Crippen LogP contribution in [0.25, 0.3) is 12.2 Å². The summed E-state index contributed by atoms with van der Waals surface area (Å²) in [6.07, 6.45) is 9.65. The minimum Gasteiger partial charge on any atom is -0.0627 e. The summed E-state index contributed by atoms with van der Waals surface area (Å²) in [5.74, 6) is 1.30. The average Bonchev–Trinajstić information content (AvgIpc) is 3.31. The largest absolute Gasteiger partial charge is 0.0627 e. The molecule has 4 rings (SSSR count). The van der Waals surface area contributed by atoms with Crippen molar-refractivity contribution >= 4 is 21.7 Å². The van der Waals surface area contributed by atoms with E-state index in [2.05, 4.69) is 76.2 Å². The van der Waals surface area contributed by atoms with Gasteiger partial charge in [-0.1, -0.05) is 99.5 Å². The van der Waals surface area contributed by atoms with E-state index in [0.717, 1.165) is 22.4 Å². The van der Waals surface area contributed by atoms with Gasteiger partial charge >= 0.3 is 0 Å². The van der Waals surface area contributed by atoms with Crippen molar-refractivity contribution < 1.29 is 0 Å². The molecule has 2 aromatic carbocycles. The van der Waals surface area contributed by atoms with Crippen molar-refractivity contribution in [1.29, 1.82) is 0 Å². The Morgan fingerprint density at radius 2 is 1.07 bits per heavy atom. The van der Waals surface area contributed by atoms with Gasteiger partial charge in [-0.25, -0.2) is 0 Å². The van der Waals surface area contributed by atoms with Gasteiger partial charge in [0.15, 0.2) is 0 Å².